The lowest BCUT2D eigenvalue weighted by Gasteiger charge is -2.21. The van der Waals surface area contributed by atoms with Gasteiger partial charge < -0.3 is 4.74 Å². The lowest BCUT2D eigenvalue weighted by atomic mass is 9.89. The minimum atomic E-state index is -0.430. The van der Waals surface area contributed by atoms with E-state index in [4.69, 9.17) is 4.74 Å². The number of H-pyrrole nitrogens is 1. The number of hydrogen-bond donors (Lipinski definition) is 1. The highest BCUT2D eigenvalue weighted by atomic mass is 79.9. The predicted molar refractivity (Wildman–Crippen MR) is 88.6 cm³/mol. The second-order valence-corrected chi connectivity index (χ2v) is 6.49. The Morgan fingerprint density at radius 3 is 2.74 bits per heavy atom. The summed E-state index contributed by atoms with van der Waals surface area (Å²) in [6.07, 6.45) is 1.48. The number of nitro benzene ring substituents is 1. The summed E-state index contributed by atoms with van der Waals surface area (Å²) in [7, 11) is 1.62. The molecule has 0 radical (unpaired) electrons. The van der Waals surface area contributed by atoms with E-state index in [-0.39, 0.29) is 17.2 Å². The first-order valence-electron chi connectivity index (χ1n) is 7.30. The van der Waals surface area contributed by atoms with Crippen LogP contribution in [0.1, 0.15) is 24.3 Å². The minimum absolute atomic E-state index is 0.0247. The van der Waals surface area contributed by atoms with E-state index >= 15 is 0 Å². The molecule has 1 aliphatic heterocycles. The monoisotopic (exact) mass is 381 g/mol. The van der Waals surface area contributed by atoms with Gasteiger partial charge in [-0.25, -0.2) is 0 Å². The zero-order chi connectivity index (χ0) is 16.6. The van der Waals surface area contributed by atoms with E-state index in [0.29, 0.717) is 30.0 Å². The van der Waals surface area contributed by atoms with Crippen LogP contribution in [0.4, 0.5) is 5.69 Å². The second kappa shape index (κ2) is 6.29. The van der Waals surface area contributed by atoms with Gasteiger partial charge in [-0.15, -0.1) is 0 Å². The van der Waals surface area contributed by atoms with E-state index in [1.165, 1.54) is 10.7 Å². The molecular formula is C15H16BrN3O4. The normalized spacial score (nSPS) is 15.7. The Bertz CT molecular complexity index is 806. The lowest BCUT2D eigenvalue weighted by Crippen LogP contribution is -2.22. The number of nitrogens with zero attached hydrogens (tertiary/aromatic N) is 2. The summed E-state index contributed by atoms with van der Waals surface area (Å²) in [6.45, 7) is 1.19. The lowest BCUT2D eigenvalue weighted by molar-refractivity contribution is -0.384. The number of halogens is 1. The molecule has 1 saturated heterocycles. The SMILES string of the molecule is Cn1[nH]c(-c2cc(Br)ccc2[N+](=O)[O-])c(C2CCOCC2)c1=O. The third-order valence-corrected chi connectivity index (χ3v) is 4.63. The smallest absolute Gasteiger partial charge is 0.278 e. The summed E-state index contributed by atoms with van der Waals surface area (Å²) in [6, 6.07) is 4.74. The van der Waals surface area contributed by atoms with Crippen LogP contribution in [-0.2, 0) is 11.8 Å². The van der Waals surface area contributed by atoms with Gasteiger partial charge in [0, 0.05) is 36.4 Å². The quantitative estimate of drug-likeness (QED) is 0.653. The zero-order valence-corrected chi connectivity index (χ0v) is 14.1. The van der Waals surface area contributed by atoms with Crippen molar-refractivity contribution in [1.82, 2.24) is 9.78 Å². The van der Waals surface area contributed by atoms with Gasteiger partial charge >= 0.3 is 0 Å². The van der Waals surface area contributed by atoms with Crippen molar-refractivity contribution in [1.29, 1.82) is 0 Å². The third-order valence-electron chi connectivity index (χ3n) is 4.14. The van der Waals surface area contributed by atoms with Crippen molar-refractivity contribution in [3.8, 4) is 11.3 Å². The molecule has 122 valence electrons. The van der Waals surface area contributed by atoms with E-state index in [9.17, 15) is 14.9 Å². The Balaban J connectivity index is 2.21. The molecule has 2 aromatic rings. The topological polar surface area (TPSA) is 90.2 Å². The third kappa shape index (κ3) is 2.96. The summed E-state index contributed by atoms with van der Waals surface area (Å²) in [5, 5.41) is 14.3. The highest BCUT2D eigenvalue weighted by Gasteiger charge is 2.28. The van der Waals surface area contributed by atoms with Crippen molar-refractivity contribution in [3.63, 3.8) is 0 Å². The molecule has 1 aliphatic rings. The Kier molecular flexibility index (Phi) is 4.36. The van der Waals surface area contributed by atoms with E-state index in [2.05, 4.69) is 21.0 Å². The molecular weight excluding hydrogens is 366 g/mol. The Morgan fingerprint density at radius 1 is 1.39 bits per heavy atom. The number of nitrogens with one attached hydrogen (secondary N) is 1. The molecule has 3 rings (SSSR count). The highest BCUT2D eigenvalue weighted by molar-refractivity contribution is 9.10. The van der Waals surface area contributed by atoms with Crippen LogP contribution in [0.25, 0.3) is 11.3 Å². The number of aromatic amines is 1. The molecule has 1 fully saturated rings. The highest BCUT2D eigenvalue weighted by Crippen LogP contribution is 2.37. The van der Waals surface area contributed by atoms with Gasteiger partial charge in [0.15, 0.2) is 0 Å². The number of rotatable bonds is 3. The largest absolute Gasteiger partial charge is 0.381 e. The molecule has 0 bridgehead atoms. The Morgan fingerprint density at radius 2 is 2.09 bits per heavy atom. The number of aryl methyl sites for hydroxylation is 1. The Labute approximate surface area is 140 Å². The van der Waals surface area contributed by atoms with Crippen LogP contribution >= 0.6 is 15.9 Å². The first-order chi connectivity index (χ1) is 11.0. The van der Waals surface area contributed by atoms with Crippen molar-refractivity contribution >= 4 is 21.6 Å². The fourth-order valence-corrected chi connectivity index (χ4v) is 3.37. The van der Waals surface area contributed by atoms with Gasteiger partial charge in [-0.05, 0) is 30.9 Å². The number of ether oxygens (including phenoxy) is 1. The van der Waals surface area contributed by atoms with E-state index in [1.807, 2.05) is 0 Å². The minimum Gasteiger partial charge on any atom is -0.381 e. The van der Waals surface area contributed by atoms with Gasteiger partial charge in [-0.3, -0.25) is 24.7 Å². The summed E-state index contributed by atoms with van der Waals surface area (Å²) in [5.41, 5.74) is 1.39. The molecule has 8 heteroatoms. The molecule has 0 spiro atoms. The molecule has 0 saturated carbocycles. The fraction of sp³-hybridized carbons (Fsp3) is 0.400. The molecule has 2 heterocycles. The number of benzene rings is 1. The summed E-state index contributed by atoms with van der Waals surface area (Å²) in [4.78, 5) is 23.5. The van der Waals surface area contributed by atoms with E-state index < -0.39 is 4.92 Å². The van der Waals surface area contributed by atoms with Gasteiger partial charge in [0.1, 0.15) is 0 Å². The maximum atomic E-state index is 12.5. The summed E-state index contributed by atoms with van der Waals surface area (Å²) in [5.74, 6) is 0.0438. The maximum absolute atomic E-state index is 12.5. The van der Waals surface area contributed by atoms with E-state index in [0.717, 1.165) is 17.3 Å². The summed E-state index contributed by atoms with van der Waals surface area (Å²) >= 11 is 3.35. The van der Waals surface area contributed by atoms with Crippen molar-refractivity contribution in [3.05, 3.63) is 48.7 Å². The standard InChI is InChI=1S/C15H16BrN3O4/c1-18-15(20)13(9-4-6-23-7-5-9)14(17-18)11-8-10(16)2-3-12(11)19(21)22/h2-3,8-9,17H,4-7H2,1H3. The van der Waals surface area contributed by atoms with Crippen LogP contribution in [0, 0.1) is 10.1 Å². The van der Waals surface area contributed by atoms with Crippen LogP contribution in [0.3, 0.4) is 0 Å². The molecule has 0 atom stereocenters. The average molecular weight is 382 g/mol. The second-order valence-electron chi connectivity index (χ2n) is 5.57. The zero-order valence-electron chi connectivity index (χ0n) is 12.5. The first-order valence-corrected chi connectivity index (χ1v) is 8.09. The number of nitro groups is 1. The summed E-state index contributed by atoms with van der Waals surface area (Å²) < 4.78 is 7.46. The van der Waals surface area contributed by atoms with Gasteiger partial charge in [0.05, 0.1) is 16.2 Å². The fourth-order valence-electron chi connectivity index (χ4n) is 3.00. The van der Waals surface area contributed by atoms with Crippen LogP contribution in [0.2, 0.25) is 0 Å². The van der Waals surface area contributed by atoms with Crippen molar-refractivity contribution < 1.29 is 9.66 Å². The molecule has 1 aromatic carbocycles. The maximum Gasteiger partial charge on any atom is 0.278 e. The van der Waals surface area contributed by atoms with Gasteiger partial charge in [-0.1, -0.05) is 15.9 Å². The molecule has 23 heavy (non-hydrogen) atoms. The predicted octanol–water partition coefficient (Wildman–Crippen LogP) is 2.95. The molecule has 1 N–H and O–H groups in total. The molecule has 0 amide bonds. The van der Waals surface area contributed by atoms with Crippen LogP contribution in [0.15, 0.2) is 27.5 Å². The molecule has 0 aliphatic carbocycles. The number of hydrogen-bond acceptors (Lipinski definition) is 4. The number of aromatic nitrogens is 2. The van der Waals surface area contributed by atoms with Crippen LogP contribution in [-0.4, -0.2) is 27.9 Å². The molecule has 0 unspecified atom stereocenters. The average Bonchev–Trinajstić information content (AvgIpc) is 2.83. The van der Waals surface area contributed by atoms with E-state index in [1.54, 1.807) is 19.2 Å². The van der Waals surface area contributed by atoms with Crippen molar-refractivity contribution in [2.24, 2.45) is 7.05 Å². The van der Waals surface area contributed by atoms with Crippen LogP contribution < -0.4 is 5.56 Å². The van der Waals surface area contributed by atoms with Crippen molar-refractivity contribution in [2.45, 2.75) is 18.8 Å². The first kappa shape index (κ1) is 15.9. The van der Waals surface area contributed by atoms with Gasteiger partial charge in [-0.2, -0.15) is 0 Å². The molecule has 7 nitrogen and oxygen atoms in total. The van der Waals surface area contributed by atoms with Crippen molar-refractivity contribution in [2.75, 3.05) is 13.2 Å². The molecule has 1 aromatic heterocycles. The Hall–Kier alpha value is -1.93. The van der Waals surface area contributed by atoms with Crippen LogP contribution in [0.5, 0.6) is 0 Å². The van der Waals surface area contributed by atoms with Gasteiger partial charge in [0.25, 0.3) is 11.2 Å². The van der Waals surface area contributed by atoms with Gasteiger partial charge in [0.2, 0.25) is 0 Å².